The third-order valence-corrected chi connectivity index (χ3v) is 9.41. The smallest absolute Gasteiger partial charge is 0.435 e. The molecular weight excluding hydrogens is 538 g/mol. The lowest BCUT2D eigenvalue weighted by Crippen LogP contribution is -2.50. The van der Waals surface area contributed by atoms with Crippen LogP contribution >= 0.6 is 0 Å². The van der Waals surface area contributed by atoms with Gasteiger partial charge < -0.3 is 10.0 Å². The number of nitrogens with zero attached hydrogens (tertiary/aromatic N) is 1. The van der Waals surface area contributed by atoms with Crippen molar-refractivity contribution in [1.29, 1.82) is 0 Å². The van der Waals surface area contributed by atoms with Crippen LogP contribution in [0.4, 0.5) is 39.9 Å². The van der Waals surface area contributed by atoms with E-state index in [4.69, 9.17) is 0 Å². The van der Waals surface area contributed by atoms with Gasteiger partial charge in [0.1, 0.15) is 10.6 Å². The van der Waals surface area contributed by atoms with Crippen LogP contribution in [-0.4, -0.2) is 50.0 Å². The van der Waals surface area contributed by atoms with Crippen molar-refractivity contribution in [3.63, 3.8) is 0 Å². The standard InChI is InChI=1S/C23H21F8NO4S/c1-32(19(33)34)17-10-12-20(13-11-17,37(35,36)18-8-6-16(24)7-9-18)14-2-4-15(5-3-14)21(25,22(26,27)28)23(29,30)31/h2-9,17H,10-13H2,1H3,(H,33,34). The molecule has 5 nitrogen and oxygen atoms in total. The van der Waals surface area contributed by atoms with Crippen molar-refractivity contribution in [1.82, 2.24) is 4.90 Å². The van der Waals surface area contributed by atoms with E-state index in [0.717, 1.165) is 29.2 Å². The lowest BCUT2D eigenvalue weighted by atomic mass is 9.79. The second-order valence-electron chi connectivity index (χ2n) is 8.81. The fourth-order valence-electron chi connectivity index (χ4n) is 4.66. The topological polar surface area (TPSA) is 74.7 Å². The summed E-state index contributed by atoms with van der Waals surface area (Å²) in [5, 5.41) is 9.24. The molecular formula is C23H21F8NO4S. The summed E-state index contributed by atoms with van der Waals surface area (Å²) in [7, 11) is -3.16. The molecule has 0 spiro atoms. The number of benzene rings is 2. The lowest BCUT2D eigenvalue weighted by molar-refractivity contribution is -0.348. The number of carbonyl (C=O) groups is 1. The molecule has 0 atom stereocenters. The number of amides is 1. The van der Waals surface area contributed by atoms with Gasteiger partial charge in [0.25, 0.3) is 0 Å². The van der Waals surface area contributed by atoms with Crippen LogP contribution in [0.1, 0.15) is 36.8 Å². The van der Waals surface area contributed by atoms with Gasteiger partial charge in [-0.05, 0) is 55.5 Å². The second-order valence-corrected chi connectivity index (χ2v) is 11.1. The fourth-order valence-corrected chi connectivity index (χ4v) is 6.82. The molecule has 0 radical (unpaired) electrons. The summed E-state index contributed by atoms with van der Waals surface area (Å²) < 4.78 is 133. The number of halogens is 8. The first-order chi connectivity index (χ1) is 16.9. The Labute approximate surface area is 206 Å². The van der Waals surface area contributed by atoms with Crippen molar-refractivity contribution >= 4 is 15.9 Å². The molecule has 204 valence electrons. The van der Waals surface area contributed by atoms with Crippen LogP contribution in [0.3, 0.4) is 0 Å². The summed E-state index contributed by atoms with van der Waals surface area (Å²) in [5.41, 5.74) is -7.67. The predicted molar refractivity (Wildman–Crippen MR) is 115 cm³/mol. The van der Waals surface area contributed by atoms with Gasteiger partial charge >= 0.3 is 24.1 Å². The molecule has 1 aliphatic rings. The van der Waals surface area contributed by atoms with Gasteiger partial charge in [0, 0.05) is 18.7 Å². The van der Waals surface area contributed by atoms with Gasteiger partial charge in [0.15, 0.2) is 9.84 Å². The number of hydrogen-bond donors (Lipinski definition) is 1. The molecule has 37 heavy (non-hydrogen) atoms. The van der Waals surface area contributed by atoms with Crippen molar-refractivity contribution in [2.75, 3.05) is 7.05 Å². The number of rotatable bonds is 5. The average Bonchev–Trinajstić information content (AvgIpc) is 2.82. The van der Waals surface area contributed by atoms with E-state index in [1.54, 1.807) is 0 Å². The summed E-state index contributed by atoms with van der Waals surface area (Å²) in [6, 6.07) is 4.96. The maximum absolute atomic E-state index is 14.5. The van der Waals surface area contributed by atoms with Crippen molar-refractivity contribution in [3.8, 4) is 0 Å². The Hall–Kier alpha value is -2.90. The molecule has 2 aromatic carbocycles. The van der Waals surface area contributed by atoms with Gasteiger partial charge in [-0.1, -0.05) is 24.3 Å². The minimum atomic E-state index is -6.34. The molecule has 3 rings (SSSR count). The van der Waals surface area contributed by atoms with Crippen molar-refractivity contribution in [2.24, 2.45) is 0 Å². The van der Waals surface area contributed by atoms with Crippen LogP contribution in [0.2, 0.25) is 0 Å². The first kappa shape index (κ1) is 28.7. The minimum absolute atomic E-state index is 0.0108. The fraction of sp³-hybridized carbons (Fsp3) is 0.435. The highest BCUT2D eigenvalue weighted by molar-refractivity contribution is 7.92. The normalized spacial score (nSPS) is 21.5. The number of alkyl halides is 7. The highest BCUT2D eigenvalue weighted by atomic mass is 32.2. The maximum Gasteiger partial charge on any atom is 0.435 e. The minimum Gasteiger partial charge on any atom is -0.465 e. The summed E-state index contributed by atoms with van der Waals surface area (Å²) in [5.74, 6) is -0.747. The average molecular weight is 559 g/mol. The lowest BCUT2D eigenvalue weighted by Gasteiger charge is -2.42. The molecule has 0 bridgehead atoms. The Bertz CT molecular complexity index is 1220. The molecule has 2 aromatic rings. The Balaban J connectivity index is 2.14. The van der Waals surface area contributed by atoms with E-state index >= 15 is 0 Å². The van der Waals surface area contributed by atoms with E-state index in [1.807, 2.05) is 0 Å². The third-order valence-electron chi connectivity index (χ3n) is 6.84. The van der Waals surface area contributed by atoms with Crippen LogP contribution in [0, 0.1) is 5.82 Å². The monoisotopic (exact) mass is 559 g/mol. The molecule has 0 unspecified atom stereocenters. The van der Waals surface area contributed by atoms with E-state index in [2.05, 4.69) is 0 Å². The Morgan fingerprint density at radius 3 is 1.76 bits per heavy atom. The number of hydrogen-bond acceptors (Lipinski definition) is 3. The first-order valence-corrected chi connectivity index (χ1v) is 12.3. The van der Waals surface area contributed by atoms with Crippen LogP contribution in [-0.2, 0) is 20.3 Å². The quantitative estimate of drug-likeness (QED) is 0.343. The largest absolute Gasteiger partial charge is 0.465 e. The molecule has 1 fully saturated rings. The zero-order valence-electron chi connectivity index (χ0n) is 19.1. The van der Waals surface area contributed by atoms with Crippen LogP contribution < -0.4 is 0 Å². The number of sulfone groups is 1. The summed E-state index contributed by atoms with van der Waals surface area (Å²) in [6.07, 6.45) is -14.5. The van der Waals surface area contributed by atoms with Gasteiger partial charge in [0.2, 0.25) is 0 Å². The highest BCUT2D eigenvalue weighted by Gasteiger charge is 2.73. The first-order valence-electron chi connectivity index (χ1n) is 10.8. The second kappa shape index (κ2) is 9.44. The van der Waals surface area contributed by atoms with Gasteiger partial charge in [-0.25, -0.2) is 22.0 Å². The van der Waals surface area contributed by atoms with Crippen molar-refractivity contribution < 1.29 is 53.4 Å². The Morgan fingerprint density at radius 1 is 0.892 bits per heavy atom. The van der Waals surface area contributed by atoms with Crippen molar-refractivity contribution in [3.05, 3.63) is 65.5 Å². The van der Waals surface area contributed by atoms with Crippen LogP contribution in [0.15, 0.2) is 53.4 Å². The van der Waals surface area contributed by atoms with Gasteiger partial charge in [-0.3, -0.25) is 0 Å². The molecule has 0 aliphatic heterocycles. The van der Waals surface area contributed by atoms with Gasteiger partial charge in [-0.2, -0.15) is 26.3 Å². The molecule has 0 heterocycles. The molecule has 0 saturated heterocycles. The van der Waals surface area contributed by atoms with E-state index in [1.165, 1.54) is 7.05 Å². The zero-order valence-corrected chi connectivity index (χ0v) is 19.9. The Kier molecular flexibility index (Phi) is 7.32. The van der Waals surface area contributed by atoms with E-state index < -0.39 is 56.1 Å². The van der Waals surface area contributed by atoms with E-state index in [9.17, 15) is 53.4 Å². The van der Waals surface area contributed by atoms with Gasteiger partial charge in [-0.15, -0.1) is 0 Å². The molecule has 1 amide bonds. The summed E-state index contributed by atoms with van der Waals surface area (Å²) in [6.45, 7) is 0. The SMILES string of the molecule is CN(C(=O)O)C1CCC(c2ccc(C(F)(C(F)(F)F)C(F)(F)F)cc2)(S(=O)(=O)c2ccc(F)cc2)CC1. The molecule has 14 heteroatoms. The van der Waals surface area contributed by atoms with Gasteiger partial charge in [0.05, 0.1) is 4.90 Å². The molecule has 1 aliphatic carbocycles. The summed E-state index contributed by atoms with van der Waals surface area (Å²) in [4.78, 5) is 11.9. The van der Waals surface area contributed by atoms with Crippen LogP contribution in [0.5, 0.6) is 0 Å². The maximum atomic E-state index is 14.5. The Morgan fingerprint density at radius 2 is 1.35 bits per heavy atom. The molecule has 1 saturated carbocycles. The van der Waals surface area contributed by atoms with Crippen LogP contribution in [0.25, 0.3) is 0 Å². The molecule has 1 N–H and O–H groups in total. The van der Waals surface area contributed by atoms with E-state index in [0.29, 0.717) is 12.1 Å². The molecule has 0 aromatic heterocycles. The number of carboxylic acid groups (broad SMARTS) is 1. The van der Waals surface area contributed by atoms with E-state index in [-0.39, 0.29) is 48.3 Å². The highest BCUT2D eigenvalue weighted by Crippen LogP contribution is 2.54. The zero-order chi connectivity index (χ0) is 28.0. The third kappa shape index (κ3) is 4.75. The van der Waals surface area contributed by atoms with Crippen molar-refractivity contribution in [2.45, 2.75) is 59.4 Å². The predicted octanol–water partition coefficient (Wildman–Crippen LogP) is 6.34. The summed E-state index contributed by atoms with van der Waals surface area (Å²) >= 11 is 0.